The predicted octanol–water partition coefficient (Wildman–Crippen LogP) is 4.63. The molecule has 2 rings (SSSR count). The second-order valence-corrected chi connectivity index (χ2v) is 6.55. The normalized spacial score (nSPS) is 11.9. The SMILES string of the molecule is CCCc1nc(-c2ccc(Cl)c(F)c2)c(N)n1C(C)(C)C. The number of imidazole rings is 1. The van der Waals surface area contributed by atoms with Crippen LogP contribution in [-0.4, -0.2) is 9.55 Å². The van der Waals surface area contributed by atoms with Crippen molar-refractivity contribution in [1.82, 2.24) is 9.55 Å². The molecule has 0 aliphatic rings. The summed E-state index contributed by atoms with van der Waals surface area (Å²) in [6.07, 6.45) is 1.80. The van der Waals surface area contributed by atoms with E-state index in [2.05, 4.69) is 32.7 Å². The van der Waals surface area contributed by atoms with E-state index in [-0.39, 0.29) is 10.6 Å². The van der Waals surface area contributed by atoms with Gasteiger partial charge in [0.1, 0.15) is 23.2 Å². The maximum atomic E-state index is 13.7. The second kappa shape index (κ2) is 5.68. The topological polar surface area (TPSA) is 43.8 Å². The fraction of sp³-hybridized carbons (Fsp3) is 0.438. The van der Waals surface area contributed by atoms with Crippen LogP contribution in [0, 0.1) is 5.82 Å². The molecule has 1 aromatic carbocycles. The molecule has 0 unspecified atom stereocenters. The minimum atomic E-state index is -0.462. The number of anilines is 1. The molecule has 3 nitrogen and oxygen atoms in total. The minimum Gasteiger partial charge on any atom is -0.383 e. The molecule has 0 saturated heterocycles. The fourth-order valence-corrected chi connectivity index (χ4v) is 2.59. The molecule has 0 amide bonds. The van der Waals surface area contributed by atoms with E-state index in [1.54, 1.807) is 6.07 Å². The lowest BCUT2D eigenvalue weighted by molar-refractivity contribution is 0.387. The molecule has 21 heavy (non-hydrogen) atoms. The number of aryl methyl sites for hydroxylation is 1. The number of nitrogens with zero attached hydrogens (tertiary/aromatic N) is 2. The van der Waals surface area contributed by atoms with Crippen molar-refractivity contribution < 1.29 is 4.39 Å². The van der Waals surface area contributed by atoms with E-state index in [4.69, 9.17) is 17.3 Å². The Hall–Kier alpha value is -1.55. The fourth-order valence-electron chi connectivity index (χ4n) is 2.48. The molecule has 5 heteroatoms. The van der Waals surface area contributed by atoms with Crippen LogP contribution in [0.25, 0.3) is 11.3 Å². The summed E-state index contributed by atoms with van der Waals surface area (Å²) in [7, 11) is 0. The van der Waals surface area contributed by atoms with Crippen LogP contribution in [0.2, 0.25) is 5.02 Å². The molecule has 0 aliphatic carbocycles. The standard InChI is InChI=1S/C16H21ClFN3/c1-5-6-13-20-14(15(19)21(13)16(2,3)4)10-7-8-11(17)12(18)9-10/h7-9H,5-6,19H2,1-4H3. The molecular weight excluding hydrogens is 289 g/mol. The summed E-state index contributed by atoms with van der Waals surface area (Å²) >= 11 is 5.73. The summed E-state index contributed by atoms with van der Waals surface area (Å²) in [5, 5.41) is 0.0985. The lowest BCUT2D eigenvalue weighted by Gasteiger charge is -2.25. The number of nitrogen functional groups attached to an aromatic ring is 1. The quantitative estimate of drug-likeness (QED) is 0.898. The average Bonchev–Trinajstić information content (AvgIpc) is 2.70. The van der Waals surface area contributed by atoms with Crippen LogP contribution in [-0.2, 0) is 12.0 Å². The monoisotopic (exact) mass is 309 g/mol. The summed E-state index contributed by atoms with van der Waals surface area (Å²) in [5.41, 5.74) is 7.37. The third-order valence-electron chi connectivity index (χ3n) is 3.32. The first-order valence-corrected chi connectivity index (χ1v) is 7.46. The molecule has 2 aromatic rings. The Morgan fingerprint density at radius 1 is 1.33 bits per heavy atom. The first kappa shape index (κ1) is 15.8. The van der Waals surface area contributed by atoms with Gasteiger partial charge in [0.25, 0.3) is 0 Å². The van der Waals surface area contributed by atoms with Crippen LogP contribution >= 0.6 is 11.6 Å². The van der Waals surface area contributed by atoms with Crippen LogP contribution in [0.15, 0.2) is 18.2 Å². The zero-order valence-electron chi connectivity index (χ0n) is 12.9. The van der Waals surface area contributed by atoms with Gasteiger partial charge in [0, 0.05) is 17.5 Å². The number of hydrogen-bond donors (Lipinski definition) is 1. The number of hydrogen-bond acceptors (Lipinski definition) is 2. The van der Waals surface area contributed by atoms with E-state index in [1.807, 2.05) is 4.57 Å². The smallest absolute Gasteiger partial charge is 0.142 e. The number of nitrogens with two attached hydrogens (primary N) is 1. The highest BCUT2D eigenvalue weighted by atomic mass is 35.5. The van der Waals surface area contributed by atoms with Crippen molar-refractivity contribution in [3.63, 3.8) is 0 Å². The third kappa shape index (κ3) is 3.05. The van der Waals surface area contributed by atoms with E-state index in [0.29, 0.717) is 17.1 Å². The average molecular weight is 310 g/mol. The van der Waals surface area contributed by atoms with E-state index in [9.17, 15) is 4.39 Å². The summed E-state index contributed by atoms with van der Waals surface area (Å²) in [5.74, 6) is 1.02. The lowest BCUT2D eigenvalue weighted by atomic mass is 10.1. The first-order chi connectivity index (χ1) is 9.75. The molecule has 2 N–H and O–H groups in total. The minimum absolute atomic E-state index is 0.0985. The van der Waals surface area contributed by atoms with Gasteiger partial charge < -0.3 is 10.3 Å². The van der Waals surface area contributed by atoms with Crippen molar-refractivity contribution in [2.75, 3.05) is 5.73 Å². The van der Waals surface area contributed by atoms with Crippen LogP contribution in [0.1, 0.15) is 39.9 Å². The van der Waals surface area contributed by atoms with Crippen LogP contribution < -0.4 is 5.73 Å². The summed E-state index contributed by atoms with van der Waals surface area (Å²) in [6, 6.07) is 4.65. The Morgan fingerprint density at radius 3 is 2.52 bits per heavy atom. The highest BCUT2D eigenvalue weighted by Crippen LogP contribution is 2.33. The van der Waals surface area contributed by atoms with Crippen molar-refractivity contribution in [3.05, 3.63) is 34.9 Å². The third-order valence-corrected chi connectivity index (χ3v) is 3.63. The Kier molecular flexibility index (Phi) is 4.28. The molecule has 114 valence electrons. The molecule has 1 aromatic heterocycles. The van der Waals surface area contributed by atoms with E-state index >= 15 is 0 Å². The van der Waals surface area contributed by atoms with Gasteiger partial charge in [-0.1, -0.05) is 24.6 Å². The molecule has 0 bridgehead atoms. The Bertz CT molecular complexity index is 656. The van der Waals surface area contributed by atoms with Crippen molar-refractivity contribution >= 4 is 17.4 Å². The molecule has 1 heterocycles. The largest absolute Gasteiger partial charge is 0.383 e. The van der Waals surface area contributed by atoms with Gasteiger partial charge in [-0.3, -0.25) is 0 Å². The van der Waals surface area contributed by atoms with Crippen molar-refractivity contribution in [2.45, 2.75) is 46.1 Å². The summed E-state index contributed by atoms with van der Waals surface area (Å²) in [6.45, 7) is 8.34. The van der Waals surface area contributed by atoms with Gasteiger partial charge in [0.15, 0.2) is 0 Å². The maximum Gasteiger partial charge on any atom is 0.142 e. The lowest BCUT2D eigenvalue weighted by Crippen LogP contribution is -2.25. The first-order valence-electron chi connectivity index (χ1n) is 7.08. The highest BCUT2D eigenvalue weighted by Gasteiger charge is 2.24. The van der Waals surface area contributed by atoms with Gasteiger partial charge in [0.05, 0.1) is 5.02 Å². The van der Waals surface area contributed by atoms with Crippen molar-refractivity contribution in [2.24, 2.45) is 0 Å². The zero-order chi connectivity index (χ0) is 15.8. The molecular formula is C16H21ClFN3. The van der Waals surface area contributed by atoms with Crippen LogP contribution in [0.5, 0.6) is 0 Å². The summed E-state index contributed by atoms with van der Waals surface area (Å²) < 4.78 is 15.7. The van der Waals surface area contributed by atoms with Crippen LogP contribution in [0.4, 0.5) is 10.2 Å². The van der Waals surface area contributed by atoms with Crippen molar-refractivity contribution in [1.29, 1.82) is 0 Å². The predicted molar refractivity (Wildman–Crippen MR) is 86.0 cm³/mol. The van der Waals surface area contributed by atoms with Gasteiger partial charge in [-0.05, 0) is 39.3 Å². The van der Waals surface area contributed by atoms with Gasteiger partial charge in [0.2, 0.25) is 0 Å². The van der Waals surface area contributed by atoms with Gasteiger partial charge in [-0.15, -0.1) is 0 Å². The number of aromatic nitrogens is 2. The van der Waals surface area contributed by atoms with E-state index in [1.165, 1.54) is 12.1 Å². The summed E-state index contributed by atoms with van der Waals surface area (Å²) in [4.78, 5) is 4.64. The Labute approximate surface area is 129 Å². The molecule has 0 atom stereocenters. The molecule has 0 aliphatic heterocycles. The van der Waals surface area contributed by atoms with Gasteiger partial charge >= 0.3 is 0 Å². The second-order valence-electron chi connectivity index (χ2n) is 6.15. The van der Waals surface area contributed by atoms with Crippen molar-refractivity contribution in [3.8, 4) is 11.3 Å². The van der Waals surface area contributed by atoms with Crippen LogP contribution in [0.3, 0.4) is 0 Å². The van der Waals surface area contributed by atoms with Gasteiger partial charge in [-0.25, -0.2) is 9.37 Å². The zero-order valence-corrected chi connectivity index (χ0v) is 13.6. The maximum absolute atomic E-state index is 13.7. The van der Waals surface area contributed by atoms with Gasteiger partial charge in [-0.2, -0.15) is 0 Å². The molecule has 0 spiro atoms. The van der Waals surface area contributed by atoms with E-state index < -0.39 is 5.82 Å². The Balaban J connectivity index is 2.62. The Morgan fingerprint density at radius 2 is 2.00 bits per heavy atom. The molecule has 0 fully saturated rings. The number of halogens is 2. The van der Waals surface area contributed by atoms with E-state index in [0.717, 1.165) is 18.7 Å². The number of rotatable bonds is 3. The molecule has 0 radical (unpaired) electrons. The highest BCUT2D eigenvalue weighted by molar-refractivity contribution is 6.30. The molecule has 0 saturated carbocycles. The number of benzene rings is 1.